The molecule has 2 aromatic heterocycles. The number of aliphatic imine (C=N–C) groups is 1. The van der Waals surface area contributed by atoms with Crippen LogP contribution in [0.2, 0.25) is 5.02 Å². The number of rotatable bonds is 5. The number of fused-ring (bicyclic) bond motifs is 1. The van der Waals surface area contributed by atoms with Gasteiger partial charge in [-0.3, -0.25) is 4.99 Å². The van der Waals surface area contributed by atoms with Crippen LogP contribution in [0, 0.1) is 0 Å². The summed E-state index contributed by atoms with van der Waals surface area (Å²) in [6.45, 7) is 1.20. The molecule has 1 aliphatic heterocycles. The van der Waals surface area contributed by atoms with Gasteiger partial charge in [-0.2, -0.15) is 18.3 Å². The van der Waals surface area contributed by atoms with E-state index in [0.29, 0.717) is 25.2 Å². The second kappa shape index (κ2) is 10.3. The zero-order chi connectivity index (χ0) is 20.1. The SMILES string of the molecule is CN=C(NCCOc1ncc(C(F)(F)F)cc1Cl)NC1CCc2ncnn2C1.I. The van der Waals surface area contributed by atoms with Gasteiger partial charge in [-0.15, -0.1) is 24.0 Å². The van der Waals surface area contributed by atoms with Gasteiger partial charge < -0.3 is 15.4 Å². The summed E-state index contributed by atoms with van der Waals surface area (Å²) in [7, 11) is 1.65. The molecular weight excluding hydrogens is 526 g/mol. The third-order valence-electron chi connectivity index (χ3n) is 4.14. The van der Waals surface area contributed by atoms with E-state index >= 15 is 0 Å². The average molecular weight is 546 g/mol. The Hall–Kier alpha value is -1.83. The number of nitrogens with zero attached hydrogens (tertiary/aromatic N) is 5. The molecular formula is C16H20ClF3IN7O. The molecule has 1 unspecified atom stereocenters. The molecule has 3 heterocycles. The number of aromatic nitrogens is 4. The lowest BCUT2D eigenvalue weighted by Crippen LogP contribution is -2.47. The quantitative estimate of drug-likeness (QED) is 0.260. The number of ether oxygens (including phenoxy) is 1. The Morgan fingerprint density at radius 2 is 2.21 bits per heavy atom. The molecule has 160 valence electrons. The number of nitrogens with one attached hydrogen (secondary N) is 2. The topological polar surface area (TPSA) is 89.2 Å². The van der Waals surface area contributed by atoms with E-state index in [2.05, 4.69) is 30.7 Å². The molecule has 0 aromatic carbocycles. The molecule has 0 aliphatic carbocycles. The molecule has 0 radical (unpaired) electrons. The van der Waals surface area contributed by atoms with Crippen molar-refractivity contribution in [2.75, 3.05) is 20.2 Å². The third-order valence-corrected chi connectivity index (χ3v) is 4.41. The summed E-state index contributed by atoms with van der Waals surface area (Å²) < 4.78 is 45.0. The second-order valence-electron chi connectivity index (χ2n) is 6.09. The summed E-state index contributed by atoms with van der Waals surface area (Å²) in [4.78, 5) is 12.0. The maximum absolute atomic E-state index is 12.6. The van der Waals surface area contributed by atoms with E-state index in [1.807, 2.05) is 4.68 Å². The van der Waals surface area contributed by atoms with Crippen LogP contribution >= 0.6 is 35.6 Å². The van der Waals surface area contributed by atoms with Gasteiger partial charge in [-0.25, -0.2) is 14.6 Å². The second-order valence-corrected chi connectivity index (χ2v) is 6.50. The van der Waals surface area contributed by atoms with Crippen LogP contribution in [0.1, 0.15) is 17.8 Å². The van der Waals surface area contributed by atoms with E-state index in [9.17, 15) is 13.2 Å². The minimum atomic E-state index is -4.50. The molecule has 2 aromatic rings. The van der Waals surface area contributed by atoms with E-state index in [-0.39, 0.29) is 47.5 Å². The van der Waals surface area contributed by atoms with Crippen molar-refractivity contribution in [3.05, 3.63) is 35.0 Å². The first kappa shape index (κ1) is 23.4. The van der Waals surface area contributed by atoms with Crippen LogP contribution in [0.3, 0.4) is 0 Å². The van der Waals surface area contributed by atoms with Gasteiger partial charge in [0.1, 0.15) is 23.8 Å². The fourth-order valence-corrected chi connectivity index (χ4v) is 2.97. The number of pyridine rings is 1. The number of alkyl halides is 3. The highest BCUT2D eigenvalue weighted by molar-refractivity contribution is 14.0. The summed E-state index contributed by atoms with van der Waals surface area (Å²) in [5.74, 6) is 1.50. The lowest BCUT2D eigenvalue weighted by Gasteiger charge is -2.25. The van der Waals surface area contributed by atoms with Gasteiger partial charge >= 0.3 is 6.18 Å². The minimum Gasteiger partial charge on any atom is -0.475 e. The van der Waals surface area contributed by atoms with Crippen LogP contribution in [0.5, 0.6) is 5.88 Å². The molecule has 3 rings (SSSR count). The Bertz CT molecular complexity index is 846. The number of guanidine groups is 1. The molecule has 0 saturated heterocycles. The fourth-order valence-electron chi connectivity index (χ4n) is 2.75. The molecule has 13 heteroatoms. The summed E-state index contributed by atoms with van der Waals surface area (Å²) in [6, 6.07) is 0.951. The molecule has 0 fully saturated rings. The normalized spacial score (nSPS) is 16.6. The van der Waals surface area contributed by atoms with Gasteiger partial charge in [0, 0.05) is 25.7 Å². The van der Waals surface area contributed by atoms with E-state index < -0.39 is 11.7 Å². The smallest absolute Gasteiger partial charge is 0.417 e. The molecule has 2 N–H and O–H groups in total. The van der Waals surface area contributed by atoms with Crippen LogP contribution in [-0.4, -0.2) is 51.9 Å². The Balaban J connectivity index is 0.00000300. The monoisotopic (exact) mass is 545 g/mol. The summed E-state index contributed by atoms with van der Waals surface area (Å²) in [5, 5.41) is 10.4. The first-order valence-electron chi connectivity index (χ1n) is 8.56. The molecule has 1 aliphatic rings. The van der Waals surface area contributed by atoms with Crippen LogP contribution in [0.4, 0.5) is 13.2 Å². The third kappa shape index (κ3) is 6.32. The van der Waals surface area contributed by atoms with Crippen molar-refractivity contribution in [3.63, 3.8) is 0 Å². The van der Waals surface area contributed by atoms with Crippen molar-refractivity contribution in [3.8, 4) is 5.88 Å². The van der Waals surface area contributed by atoms with Crippen molar-refractivity contribution >= 4 is 41.5 Å². The number of hydrogen-bond acceptors (Lipinski definition) is 5. The number of halogens is 5. The van der Waals surface area contributed by atoms with Crippen molar-refractivity contribution in [2.45, 2.75) is 31.6 Å². The predicted octanol–water partition coefficient (Wildman–Crippen LogP) is 2.52. The highest BCUT2D eigenvalue weighted by Gasteiger charge is 2.31. The molecule has 8 nitrogen and oxygen atoms in total. The fraction of sp³-hybridized carbons (Fsp3) is 0.500. The molecule has 1 atom stereocenters. The van der Waals surface area contributed by atoms with E-state index in [0.717, 1.165) is 24.7 Å². The maximum Gasteiger partial charge on any atom is 0.417 e. The Labute approximate surface area is 187 Å². The molecule has 0 spiro atoms. The lowest BCUT2D eigenvalue weighted by molar-refractivity contribution is -0.137. The van der Waals surface area contributed by atoms with Crippen LogP contribution < -0.4 is 15.4 Å². The average Bonchev–Trinajstić information content (AvgIpc) is 3.12. The summed E-state index contributed by atoms with van der Waals surface area (Å²) in [5.41, 5.74) is -0.921. The van der Waals surface area contributed by atoms with Crippen LogP contribution in [0.15, 0.2) is 23.6 Å². The van der Waals surface area contributed by atoms with Crippen molar-refractivity contribution in [1.29, 1.82) is 0 Å². The van der Waals surface area contributed by atoms with Crippen LogP contribution in [-0.2, 0) is 19.1 Å². The number of hydrogen-bond donors (Lipinski definition) is 2. The van der Waals surface area contributed by atoms with Crippen molar-refractivity contribution in [1.82, 2.24) is 30.4 Å². The minimum absolute atomic E-state index is 0. The summed E-state index contributed by atoms with van der Waals surface area (Å²) >= 11 is 5.81. The van der Waals surface area contributed by atoms with E-state index in [1.54, 1.807) is 13.4 Å². The Morgan fingerprint density at radius 3 is 2.90 bits per heavy atom. The standard InChI is InChI=1S/C16H19ClF3N7O.HI/c1-21-15(26-11-2-3-13-24-9-25-27(13)8-11)22-4-5-28-14-12(17)6-10(7-23-14)16(18,19)20;/h6-7,9,11H,2-5,8H2,1H3,(H2,21,22,26);1H. The maximum atomic E-state index is 12.6. The van der Waals surface area contributed by atoms with Crippen molar-refractivity contribution < 1.29 is 17.9 Å². The first-order valence-corrected chi connectivity index (χ1v) is 8.94. The van der Waals surface area contributed by atoms with Gasteiger partial charge in [0.05, 0.1) is 18.7 Å². The van der Waals surface area contributed by atoms with Crippen molar-refractivity contribution in [2.24, 2.45) is 4.99 Å². The molecule has 0 bridgehead atoms. The summed E-state index contributed by atoms with van der Waals surface area (Å²) in [6.07, 6.45) is -0.531. The Morgan fingerprint density at radius 1 is 1.41 bits per heavy atom. The molecule has 0 saturated carbocycles. The highest BCUT2D eigenvalue weighted by atomic mass is 127. The first-order chi connectivity index (χ1) is 13.4. The largest absolute Gasteiger partial charge is 0.475 e. The van der Waals surface area contributed by atoms with Gasteiger partial charge in [0.2, 0.25) is 5.88 Å². The van der Waals surface area contributed by atoms with Gasteiger partial charge in [0.25, 0.3) is 0 Å². The molecule has 0 amide bonds. The zero-order valence-corrected chi connectivity index (χ0v) is 18.5. The van der Waals surface area contributed by atoms with E-state index in [1.165, 1.54) is 0 Å². The number of aryl methyl sites for hydroxylation is 1. The van der Waals surface area contributed by atoms with Gasteiger partial charge in [-0.05, 0) is 12.5 Å². The van der Waals surface area contributed by atoms with E-state index in [4.69, 9.17) is 16.3 Å². The Kier molecular flexibility index (Phi) is 8.31. The lowest BCUT2D eigenvalue weighted by atomic mass is 10.1. The van der Waals surface area contributed by atoms with Crippen LogP contribution in [0.25, 0.3) is 0 Å². The zero-order valence-electron chi connectivity index (χ0n) is 15.4. The van der Waals surface area contributed by atoms with Gasteiger partial charge in [-0.1, -0.05) is 11.6 Å². The van der Waals surface area contributed by atoms with Gasteiger partial charge in [0.15, 0.2) is 5.96 Å². The molecule has 29 heavy (non-hydrogen) atoms. The predicted molar refractivity (Wildman–Crippen MR) is 112 cm³/mol. The highest BCUT2D eigenvalue weighted by Crippen LogP contribution is 2.32.